The van der Waals surface area contributed by atoms with Gasteiger partial charge in [-0.25, -0.2) is 4.98 Å². The molecule has 2 aromatic heterocycles. The summed E-state index contributed by atoms with van der Waals surface area (Å²) >= 11 is 6.01. The van der Waals surface area contributed by atoms with Crippen molar-refractivity contribution in [1.82, 2.24) is 9.38 Å². The van der Waals surface area contributed by atoms with Crippen molar-refractivity contribution in [3.63, 3.8) is 0 Å². The van der Waals surface area contributed by atoms with Crippen LogP contribution < -0.4 is 5.32 Å². The molecular weight excluding hydrogens is 346 g/mol. The number of imidazole rings is 1. The summed E-state index contributed by atoms with van der Waals surface area (Å²) in [5.41, 5.74) is 2.51. The molecule has 0 atom stereocenters. The van der Waals surface area contributed by atoms with Crippen LogP contribution in [0.25, 0.3) is 16.9 Å². The Morgan fingerprint density at radius 2 is 1.92 bits per heavy atom. The quantitative estimate of drug-likeness (QED) is 0.641. The molecule has 134 valence electrons. The summed E-state index contributed by atoms with van der Waals surface area (Å²) in [6.45, 7) is 0. The fourth-order valence-corrected chi connectivity index (χ4v) is 3.88. The van der Waals surface area contributed by atoms with Gasteiger partial charge in [-0.15, -0.1) is 0 Å². The van der Waals surface area contributed by atoms with E-state index < -0.39 is 0 Å². The van der Waals surface area contributed by atoms with Crippen LogP contribution >= 0.6 is 11.6 Å². The Morgan fingerprint density at radius 1 is 1.15 bits per heavy atom. The second-order valence-corrected chi connectivity index (χ2v) is 7.42. The molecule has 2 heterocycles. The molecule has 0 radical (unpaired) electrons. The molecule has 1 aliphatic carbocycles. The minimum atomic E-state index is 0.0535. The van der Waals surface area contributed by atoms with Gasteiger partial charge in [0.15, 0.2) is 0 Å². The number of carbonyl (C=O) groups excluding carboxylic acids is 1. The third-order valence-electron chi connectivity index (χ3n) is 5.16. The summed E-state index contributed by atoms with van der Waals surface area (Å²) in [6.07, 6.45) is 8.59. The van der Waals surface area contributed by atoms with Crippen LogP contribution in [0.15, 0.2) is 48.7 Å². The van der Waals surface area contributed by atoms with Crippen LogP contribution in [-0.4, -0.2) is 15.3 Å². The number of amides is 1. The molecule has 0 spiro atoms. The van der Waals surface area contributed by atoms with E-state index in [1.807, 2.05) is 53.1 Å². The third kappa shape index (κ3) is 3.61. The molecule has 3 aromatic rings. The van der Waals surface area contributed by atoms with Crippen LogP contribution in [0.3, 0.4) is 0 Å². The minimum Gasteiger partial charge on any atom is -0.310 e. The highest BCUT2D eigenvalue weighted by molar-refractivity contribution is 6.30. The van der Waals surface area contributed by atoms with E-state index >= 15 is 0 Å². The maximum Gasteiger partial charge on any atom is 0.225 e. The number of pyridine rings is 1. The van der Waals surface area contributed by atoms with Gasteiger partial charge in [0.05, 0.1) is 0 Å². The Morgan fingerprint density at radius 3 is 2.69 bits per heavy atom. The van der Waals surface area contributed by atoms with E-state index in [0.29, 0.717) is 17.4 Å². The average molecular weight is 368 g/mol. The molecule has 5 heteroatoms. The maximum atomic E-state index is 12.6. The fraction of sp³-hybridized carbons (Fsp3) is 0.333. The second kappa shape index (κ2) is 7.50. The van der Waals surface area contributed by atoms with Crippen LogP contribution in [0.2, 0.25) is 5.02 Å². The third-order valence-corrected chi connectivity index (χ3v) is 5.41. The highest BCUT2D eigenvalue weighted by Gasteiger charge is 2.19. The first kappa shape index (κ1) is 17.1. The number of hydrogen-bond donors (Lipinski definition) is 1. The molecule has 1 aliphatic rings. The Bertz CT molecular complexity index is 911. The number of carbonyl (C=O) groups is 1. The molecule has 26 heavy (non-hydrogen) atoms. The average Bonchev–Trinajstić information content (AvgIpc) is 3.29. The predicted octanol–water partition coefficient (Wildman–Crippen LogP) is 5.56. The standard InChI is InChI=1S/C21H22ClN3O/c22-17-11-9-16(10-12-17)20-21(25-14-4-3-7-18(25)23-20)24-19(26)13-8-15-5-1-2-6-15/h3-4,7,9-12,14-15H,1-2,5-6,8,13H2,(H,24,26). The molecular formula is C21H22ClN3O. The van der Waals surface area contributed by atoms with Gasteiger partial charge < -0.3 is 5.32 Å². The zero-order chi connectivity index (χ0) is 17.9. The van der Waals surface area contributed by atoms with E-state index in [0.717, 1.165) is 29.1 Å². The number of nitrogens with one attached hydrogen (secondary N) is 1. The van der Waals surface area contributed by atoms with E-state index in [4.69, 9.17) is 16.6 Å². The lowest BCUT2D eigenvalue weighted by Crippen LogP contribution is -2.14. The number of benzene rings is 1. The van der Waals surface area contributed by atoms with Crippen LogP contribution in [0.1, 0.15) is 38.5 Å². The molecule has 1 fully saturated rings. The summed E-state index contributed by atoms with van der Waals surface area (Å²) in [6, 6.07) is 13.4. The van der Waals surface area contributed by atoms with Gasteiger partial charge in [-0.3, -0.25) is 9.20 Å². The highest BCUT2D eigenvalue weighted by Crippen LogP contribution is 2.31. The molecule has 1 amide bonds. The lowest BCUT2D eigenvalue weighted by atomic mass is 10.0. The van der Waals surface area contributed by atoms with Crippen molar-refractivity contribution >= 4 is 29.0 Å². The number of halogens is 1. The summed E-state index contributed by atoms with van der Waals surface area (Å²) in [5, 5.41) is 3.78. The largest absolute Gasteiger partial charge is 0.310 e. The van der Waals surface area contributed by atoms with Gasteiger partial charge in [0.25, 0.3) is 0 Å². The first-order chi connectivity index (χ1) is 12.7. The van der Waals surface area contributed by atoms with E-state index in [1.54, 1.807) is 0 Å². The van der Waals surface area contributed by atoms with Gasteiger partial charge in [-0.2, -0.15) is 0 Å². The smallest absolute Gasteiger partial charge is 0.225 e. The SMILES string of the molecule is O=C(CCC1CCCC1)Nc1c(-c2ccc(Cl)cc2)nc2ccccn12. The number of fused-ring (bicyclic) bond motifs is 1. The number of aromatic nitrogens is 2. The van der Waals surface area contributed by atoms with Crippen molar-refractivity contribution in [3.8, 4) is 11.3 Å². The van der Waals surface area contributed by atoms with E-state index in [2.05, 4.69) is 5.32 Å². The molecule has 1 saturated carbocycles. The Hall–Kier alpha value is -2.33. The first-order valence-corrected chi connectivity index (χ1v) is 9.61. The van der Waals surface area contributed by atoms with Gasteiger partial charge >= 0.3 is 0 Å². The molecule has 0 unspecified atom stereocenters. The van der Waals surface area contributed by atoms with Gasteiger partial charge in [0.2, 0.25) is 5.91 Å². The van der Waals surface area contributed by atoms with Gasteiger partial charge in [-0.1, -0.05) is 55.5 Å². The van der Waals surface area contributed by atoms with E-state index in [1.165, 1.54) is 25.7 Å². The van der Waals surface area contributed by atoms with Crippen molar-refractivity contribution in [2.75, 3.05) is 5.32 Å². The van der Waals surface area contributed by atoms with Crippen LogP contribution in [0.4, 0.5) is 5.82 Å². The lowest BCUT2D eigenvalue weighted by Gasteiger charge is -2.10. The fourth-order valence-electron chi connectivity index (χ4n) is 3.75. The molecule has 1 N–H and O–H groups in total. The lowest BCUT2D eigenvalue weighted by molar-refractivity contribution is -0.116. The molecule has 1 aromatic carbocycles. The zero-order valence-electron chi connectivity index (χ0n) is 14.6. The van der Waals surface area contributed by atoms with Crippen molar-refractivity contribution in [2.45, 2.75) is 38.5 Å². The summed E-state index contributed by atoms with van der Waals surface area (Å²) in [4.78, 5) is 17.3. The van der Waals surface area contributed by atoms with Crippen LogP contribution in [-0.2, 0) is 4.79 Å². The molecule has 4 rings (SSSR count). The maximum absolute atomic E-state index is 12.6. The molecule has 0 bridgehead atoms. The predicted molar refractivity (Wildman–Crippen MR) is 105 cm³/mol. The van der Waals surface area contributed by atoms with E-state index in [-0.39, 0.29) is 5.91 Å². The molecule has 0 saturated heterocycles. The normalized spacial score (nSPS) is 14.8. The number of nitrogens with zero attached hydrogens (tertiary/aromatic N) is 2. The molecule has 0 aliphatic heterocycles. The first-order valence-electron chi connectivity index (χ1n) is 9.23. The van der Waals surface area contributed by atoms with Gasteiger partial charge in [0, 0.05) is 23.2 Å². The van der Waals surface area contributed by atoms with Gasteiger partial charge in [-0.05, 0) is 36.6 Å². The Labute approximate surface area is 158 Å². The second-order valence-electron chi connectivity index (χ2n) is 6.98. The van der Waals surface area contributed by atoms with Crippen molar-refractivity contribution in [2.24, 2.45) is 5.92 Å². The van der Waals surface area contributed by atoms with E-state index in [9.17, 15) is 4.79 Å². The Balaban J connectivity index is 1.60. The Kier molecular flexibility index (Phi) is 4.93. The molecule has 4 nitrogen and oxygen atoms in total. The van der Waals surface area contributed by atoms with Crippen LogP contribution in [0.5, 0.6) is 0 Å². The van der Waals surface area contributed by atoms with Crippen LogP contribution in [0, 0.1) is 5.92 Å². The summed E-state index contributed by atoms with van der Waals surface area (Å²) in [5.74, 6) is 1.48. The summed E-state index contributed by atoms with van der Waals surface area (Å²) < 4.78 is 1.93. The van der Waals surface area contributed by atoms with Crippen molar-refractivity contribution in [1.29, 1.82) is 0 Å². The zero-order valence-corrected chi connectivity index (χ0v) is 15.4. The van der Waals surface area contributed by atoms with Crippen molar-refractivity contribution < 1.29 is 4.79 Å². The number of rotatable bonds is 5. The van der Waals surface area contributed by atoms with Gasteiger partial charge in [0.1, 0.15) is 17.2 Å². The van der Waals surface area contributed by atoms with Crippen molar-refractivity contribution in [3.05, 3.63) is 53.7 Å². The monoisotopic (exact) mass is 367 g/mol. The number of anilines is 1. The highest BCUT2D eigenvalue weighted by atomic mass is 35.5. The minimum absolute atomic E-state index is 0.0535. The summed E-state index contributed by atoms with van der Waals surface area (Å²) in [7, 11) is 0. The number of hydrogen-bond acceptors (Lipinski definition) is 2. The topological polar surface area (TPSA) is 46.4 Å².